The first-order valence-corrected chi connectivity index (χ1v) is 6.07. The number of nitrogens with zero attached hydrogens (tertiary/aromatic N) is 2. The van der Waals surface area contributed by atoms with Crippen LogP contribution in [0.15, 0.2) is 36.7 Å². The third-order valence-electron chi connectivity index (χ3n) is 3.10. The molecule has 0 fully saturated rings. The van der Waals surface area contributed by atoms with E-state index in [2.05, 4.69) is 5.10 Å². The molecule has 0 spiro atoms. The molecule has 0 aliphatic heterocycles. The summed E-state index contributed by atoms with van der Waals surface area (Å²) in [5, 5.41) is 4.23. The van der Waals surface area contributed by atoms with Gasteiger partial charge in [0.1, 0.15) is 5.82 Å². The fourth-order valence-corrected chi connectivity index (χ4v) is 1.96. The molecule has 2 rings (SSSR count). The molecule has 4 heteroatoms. The second-order valence-corrected chi connectivity index (χ2v) is 4.81. The Morgan fingerprint density at radius 2 is 2.00 bits per heavy atom. The minimum Gasteiger partial charge on any atom is -0.321 e. The number of hydrogen-bond donors (Lipinski definition) is 1. The second kappa shape index (κ2) is 4.90. The van der Waals surface area contributed by atoms with Crippen LogP contribution in [0.4, 0.5) is 4.39 Å². The van der Waals surface area contributed by atoms with E-state index in [1.807, 2.05) is 24.7 Å². The number of halogens is 1. The fourth-order valence-electron chi connectivity index (χ4n) is 1.96. The summed E-state index contributed by atoms with van der Waals surface area (Å²) in [6.45, 7) is 4.82. The van der Waals surface area contributed by atoms with Gasteiger partial charge in [-0.3, -0.25) is 4.68 Å². The van der Waals surface area contributed by atoms with Crippen LogP contribution >= 0.6 is 0 Å². The highest BCUT2D eigenvalue weighted by atomic mass is 19.1. The molecule has 0 bridgehead atoms. The van der Waals surface area contributed by atoms with Crippen molar-refractivity contribution in [2.75, 3.05) is 0 Å². The normalized spacial score (nSPS) is 14.4. The summed E-state index contributed by atoms with van der Waals surface area (Å²) >= 11 is 0. The molecule has 0 saturated carbocycles. The number of hydrogen-bond acceptors (Lipinski definition) is 2. The van der Waals surface area contributed by atoms with E-state index in [-0.39, 0.29) is 5.82 Å². The molecule has 0 saturated heterocycles. The molecule has 1 heterocycles. The highest BCUT2D eigenvalue weighted by Crippen LogP contribution is 2.22. The lowest BCUT2D eigenvalue weighted by molar-refractivity contribution is 0.489. The highest BCUT2D eigenvalue weighted by molar-refractivity contribution is 5.24. The van der Waals surface area contributed by atoms with Gasteiger partial charge in [-0.15, -0.1) is 0 Å². The highest BCUT2D eigenvalue weighted by Gasteiger charge is 2.23. The summed E-state index contributed by atoms with van der Waals surface area (Å²) < 4.78 is 14.7. The molecule has 1 aromatic heterocycles. The summed E-state index contributed by atoms with van der Waals surface area (Å²) in [5.74, 6) is -0.226. The van der Waals surface area contributed by atoms with Crippen molar-refractivity contribution in [3.05, 3.63) is 53.6 Å². The maximum absolute atomic E-state index is 12.8. The van der Waals surface area contributed by atoms with Crippen molar-refractivity contribution >= 4 is 0 Å². The summed E-state index contributed by atoms with van der Waals surface area (Å²) in [6, 6.07) is 6.46. The Morgan fingerprint density at radius 3 is 2.56 bits per heavy atom. The quantitative estimate of drug-likeness (QED) is 0.902. The first-order valence-electron chi connectivity index (χ1n) is 6.07. The van der Waals surface area contributed by atoms with Crippen molar-refractivity contribution in [2.24, 2.45) is 5.73 Å². The Kier molecular flexibility index (Phi) is 3.48. The molecule has 3 nitrogen and oxygen atoms in total. The monoisotopic (exact) mass is 247 g/mol. The number of rotatable bonds is 4. The lowest BCUT2D eigenvalue weighted by Crippen LogP contribution is -2.35. The molecule has 96 valence electrons. The molecule has 2 aromatic rings. The summed E-state index contributed by atoms with van der Waals surface area (Å²) in [5.41, 5.74) is 7.85. The third kappa shape index (κ3) is 2.76. The average molecular weight is 247 g/mol. The smallest absolute Gasteiger partial charge is 0.123 e. The van der Waals surface area contributed by atoms with Gasteiger partial charge in [0.2, 0.25) is 0 Å². The molecule has 0 amide bonds. The summed E-state index contributed by atoms with van der Waals surface area (Å²) in [7, 11) is 0. The summed E-state index contributed by atoms with van der Waals surface area (Å²) in [4.78, 5) is 0. The number of benzene rings is 1. The number of aryl methyl sites for hydroxylation is 1. The van der Waals surface area contributed by atoms with Gasteiger partial charge in [0.05, 0.1) is 6.20 Å². The molecule has 2 N–H and O–H groups in total. The average Bonchev–Trinajstić information content (AvgIpc) is 2.81. The minimum absolute atomic E-state index is 0.226. The molecule has 0 aliphatic carbocycles. The Hall–Kier alpha value is -1.68. The maximum atomic E-state index is 12.8. The van der Waals surface area contributed by atoms with E-state index >= 15 is 0 Å². The van der Waals surface area contributed by atoms with Crippen LogP contribution in [0.3, 0.4) is 0 Å². The zero-order valence-corrected chi connectivity index (χ0v) is 10.7. The van der Waals surface area contributed by atoms with Gasteiger partial charge in [-0.25, -0.2) is 4.39 Å². The molecule has 18 heavy (non-hydrogen) atoms. The molecule has 0 aliphatic rings. The van der Waals surface area contributed by atoms with E-state index in [1.54, 1.807) is 18.3 Å². The number of nitrogens with two attached hydrogens (primary N) is 1. The minimum atomic E-state index is -0.495. The Bertz CT molecular complexity index is 514. The van der Waals surface area contributed by atoms with Crippen molar-refractivity contribution < 1.29 is 4.39 Å². The third-order valence-corrected chi connectivity index (χ3v) is 3.10. The summed E-state index contributed by atoms with van der Waals surface area (Å²) in [6.07, 6.45) is 4.42. The van der Waals surface area contributed by atoms with Crippen molar-refractivity contribution in [3.8, 4) is 0 Å². The lowest BCUT2D eigenvalue weighted by Gasteiger charge is -2.23. The maximum Gasteiger partial charge on any atom is 0.123 e. The second-order valence-electron chi connectivity index (χ2n) is 4.81. The van der Waals surface area contributed by atoms with Crippen LogP contribution < -0.4 is 5.73 Å². The standard InChI is InChI=1S/C14H18FN3/c1-3-18-10-12(9-17-18)14(2,16)8-11-4-6-13(15)7-5-11/h4-7,9-10H,3,8,16H2,1-2H3. The first kappa shape index (κ1) is 12.8. The van der Waals surface area contributed by atoms with Crippen LogP contribution in [0, 0.1) is 5.82 Å². The zero-order chi connectivity index (χ0) is 13.2. The van der Waals surface area contributed by atoms with Crippen LogP contribution in [0.5, 0.6) is 0 Å². The molecular weight excluding hydrogens is 229 g/mol. The molecule has 1 atom stereocenters. The Labute approximate surface area is 106 Å². The van der Waals surface area contributed by atoms with Gasteiger partial charge < -0.3 is 5.73 Å². The van der Waals surface area contributed by atoms with E-state index in [0.29, 0.717) is 6.42 Å². The topological polar surface area (TPSA) is 43.8 Å². The molecular formula is C14H18FN3. The van der Waals surface area contributed by atoms with Crippen molar-refractivity contribution in [1.29, 1.82) is 0 Å². The SMILES string of the molecule is CCn1cc(C(C)(N)Cc2ccc(F)cc2)cn1. The molecule has 1 aromatic carbocycles. The van der Waals surface area contributed by atoms with Gasteiger partial charge >= 0.3 is 0 Å². The molecule has 1 unspecified atom stereocenters. The van der Waals surface area contributed by atoms with E-state index in [4.69, 9.17) is 5.73 Å². The van der Waals surface area contributed by atoms with Gasteiger partial charge in [0.15, 0.2) is 0 Å². The van der Waals surface area contributed by atoms with Crippen LogP contribution in [-0.4, -0.2) is 9.78 Å². The van der Waals surface area contributed by atoms with Crippen molar-refractivity contribution in [3.63, 3.8) is 0 Å². The number of aromatic nitrogens is 2. The predicted octanol–water partition coefficient (Wildman–Crippen LogP) is 2.46. The Morgan fingerprint density at radius 1 is 1.33 bits per heavy atom. The molecule has 0 radical (unpaired) electrons. The largest absolute Gasteiger partial charge is 0.321 e. The van der Waals surface area contributed by atoms with Crippen molar-refractivity contribution in [2.45, 2.75) is 32.4 Å². The van der Waals surface area contributed by atoms with E-state index in [9.17, 15) is 4.39 Å². The van der Waals surface area contributed by atoms with E-state index in [1.165, 1.54) is 12.1 Å². The fraction of sp³-hybridized carbons (Fsp3) is 0.357. The van der Waals surface area contributed by atoms with Crippen LogP contribution in [-0.2, 0) is 18.5 Å². The van der Waals surface area contributed by atoms with Gasteiger partial charge in [-0.1, -0.05) is 12.1 Å². The van der Waals surface area contributed by atoms with Crippen LogP contribution in [0.25, 0.3) is 0 Å². The Balaban J connectivity index is 2.18. The van der Waals surface area contributed by atoms with E-state index in [0.717, 1.165) is 17.7 Å². The van der Waals surface area contributed by atoms with Crippen molar-refractivity contribution in [1.82, 2.24) is 9.78 Å². The van der Waals surface area contributed by atoms with Crippen LogP contribution in [0.1, 0.15) is 25.0 Å². The lowest BCUT2D eigenvalue weighted by atomic mass is 9.89. The van der Waals surface area contributed by atoms with Crippen LogP contribution in [0.2, 0.25) is 0 Å². The zero-order valence-electron chi connectivity index (χ0n) is 10.7. The van der Waals surface area contributed by atoms with Gasteiger partial charge in [-0.05, 0) is 38.0 Å². The predicted molar refractivity (Wildman–Crippen MR) is 69.5 cm³/mol. The first-order chi connectivity index (χ1) is 8.51. The van der Waals surface area contributed by atoms with Gasteiger partial charge in [0, 0.05) is 23.8 Å². The van der Waals surface area contributed by atoms with Gasteiger partial charge in [-0.2, -0.15) is 5.10 Å². The van der Waals surface area contributed by atoms with Gasteiger partial charge in [0.25, 0.3) is 0 Å². The van der Waals surface area contributed by atoms with E-state index < -0.39 is 5.54 Å².